The van der Waals surface area contributed by atoms with Gasteiger partial charge in [0, 0.05) is 36.5 Å². The molecule has 1 spiro atoms. The van der Waals surface area contributed by atoms with Gasteiger partial charge in [-0.3, -0.25) is 14.7 Å². The molecule has 1 fully saturated rings. The summed E-state index contributed by atoms with van der Waals surface area (Å²) in [5.74, 6) is 0.575. The van der Waals surface area contributed by atoms with Crippen molar-refractivity contribution >= 4 is 34.3 Å². The smallest absolute Gasteiger partial charge is 0.253 e. The number of amides is 1. The summed E-state index contributed by atoms with van der Waals surface area (Å²) in [5, 5.41) is 11.0. The highest BCUT2D eigenvalue weighted by Crippen LogP contribution is 2.40. The zero-order valence-corrected chi connectivity index (χ0v) is 15.7. The molecule has 7 nitrogen and oxygen atoms in total. The lowest BCUT2D eigenvalue weighted by atomic mass is 9.82. The highest BCUT2D eigenvalue weighted by atomic mass is 35.5. The van der Waals surface area contributed by atoms with E-state index in [9.17, 15) is 9.59 Å². The molecular weight excluding hydrogens is 380 g/mol. The number of carbonyl (C=O) groups excluding carboxylic acids is 2. The Bertz CT molecular complexity index is 1100. The van der Waals surface area contributed by atoms with E-state index in [1.54, 1.807) is 41.3 Å². The third-order valence-corrected chi connectivity index (χ3v) is 5.82. The van der Waals surface area contributed by atoms with E-state index in [2.05, 4.69) is 15.4 Å². The standard InChI is InChI=1S/C20H17ClN4O3/c21-13-2-4-18-14(10-13)17(26)11-20(28-18)5-7-25(8-6-20)19(27)12-1-3-15-16(9-12)23-24-22-15/h1-4,9-10H,5-8,11H2,(H,22,23,24). The van der Waals surface area contributed by atoms with Crippen LogP contribution < -0.4 is 4.74 Å². The van der Waals surface area contributed by atoms with Gasteiger partial charge in [-0.15, -0.1) is 5.10 Å². The van der Waals surface area contributed by atoms with Gasteiger partial charge in [-0.2, -0.15) is 0 Å². The second-order valence-electron chi connectivity index (χ2n) is 7.36. The summed E-state index contributed by atoms with van der Waals surface area (Å²) in [6, 6.07) is 10.5. The van der Waals surface area contributed by atoms with Crippen LogP contribution in [0.15, 0.2) is 36.4 Å². The van der Waals surface area contributed by atoms with E-state index in [-0.39, 0.29) is 11.7 Å². The molecule has 0 unspecified atom stereocenters. The number of nitrogens with one attached hydrogen (secondary N) is 1. The number of halogens is 1. The van der Waals surface area contributed by atoms with Gasteiger partial charge in [0.15, 0.2) is 5.78 Å². The number of Topliss-reactive ketones (excluding diaryl/α,β-unsaturated/α-hetero) is 1. The van der Waals surface area contributed by atoms with Gasteiger partial charge in [0.2, 0.25) is 0 Å². The molecule has 3 heterocycles. The van der Waals surface area contributed by atoms with Crippen LogP contribution in [-0.2, 0) is 0 Å². The number of carbonyl (C=O) groups is 2. The number of hydrogen-bond acceptors (Lipinski definition) is 5. The van der Waals surface area contributed by atoms with Crippen molar-refractivity contribution in [3.8, 4) is 5.75 Å². The number of piperidine rings is 1. The molecule has 28 heavy (non-hydrogen) atoms. The van der Waals surface area contributed by atoms with Gasteiger partial charge in [0.25, 0.3) is 5.91 Å². The van der Waals surface area contributed by atoms with Crippen molar-refractivity contribution < 1.29 is 14.3 Å². The first-order valence-electron chi connectivity index (χ1n) is 9.15. The molecule has 2 aromatic carbocycles. The van der Waals surface area contributed by atoms with E-state index >= 15 is 0 Å². The van der Waals surface area contributed by atoms with Crippen LogP contribution in [0.2, 0.25) is 5.02 Å². The minimum atomic E-state index is -0.551. The first-order chi connectivity index (χ1) is 13.5. The molecule has 1 saturated heterocycles. The minimum Gasteiger partial charge on any atom is -0.486 e. The molecule has 2 aliphatic heterocycles. The molecule has 142 valence electrons. The summed E-state index contributed by atoms with van der Waals surface area (Å²) in [7, 11) is 0. The van der Waals surface area contributed by atoms with E-state index in [0.29, 0.717) is 59.8 Å². The molecule has 0 bridgehead atoms. The Morgan fingerprint density at radius 2 is 2.00 bits per heavy atom. The van der Waals surface area contributed by atoms with Crippen molar-refractivity contribution in [2.24, 2.45) is 0 Å². The highest BCUT2D eigenvalue weighted by molar-refractivity contribution is 6.31. The maximum Gasteiger partial charge on any atom is 0.253 e. The summed E-state index contributed by atoms with van der Waals surface area (Å²) < 4.78 is 6.23. The number of ether oxygens (including phenoxy) is 1. The molecular formula is C20H17ClN4O3. The Hall–Kier alpha value is -2.93. The summed E-state index contributed by atoms with van der Waals surface area (Å²) in [4.78, 5) is 27.3. The maximum atomic E-state index is 12.9. The average molecular weight is 397 g/mol. The SMILES string of the molecule is O=C1CC2(CCN(C(=O)c3ccc4[nH]nnc4c3)CC2)Oc2ccc(Cl)cc21. The summed E-state index contributed by atoms with van der Waals surface area (Å²) in [6.45, 7) is 1.07. The lowest BCUT2D eigenvalue weighted by Crippen LogP contribution is -2.52. The third-order valence-electron chi connectivity index (χ3n) is 5.59. The van der Waals surface area contributed by atoms with Crippen LogP contribution in [0.4, 0.5) is 0 Å². The van der Waals surface area contributed by atoms with Crippen LogP contribution >= 0.6 is 11.6 Å². The summed E-state index contributed by atoms with van der Waals surface area (Å²) >= 11 is 6.00. The molecule has 0 aliphatic carbocycles. The fraction of sp³-hybridized carbons (Fsp3) is 0.300. The van der Waals surface area contributed by atoms with Crippen molar-refractivity contribution in [1.29, 1.82) is 0 Å². The predicted molar refractivity (Wildman–Crippen MR) is 103 cm³/mol. The number of hydrogen-bond donors (Lipinski definition) is 1. The second-order valence-corrected chi connectivity index (χ2v) is 7.80. The second kappa shape index (κ2) is 6.31. The van der Waals surface area contributed by atoms with Gasteiger partial charge < -0.3 is 9.64 Å². The van der Waals surface area contributed by atoms with Crippen LogP contribution in [0.3, 0.4) is 0 Å². The number of aromatic amines is 1. The van der Waals surface area contributed by atoms with E-state index in [0.717, 1.165) is 5.52 Å². The lowest BCUT2D eigenvalue weighted by Gasteiger charge is -2.44. The topological polar surface area (TPSA) is 88.2 Å². The Balaban J connectivity index is 1.32. The molecule has 0 radical (unpaired) electrons. The van der Waals surface area contributed by atoms with Gasteiger partial charge in [0.1, 0.15) is 16.9 Å². The molecule has 1 N–H and O–H groups in total. The van der Waals surface area contributed by atoms with Gasteiger partial charge in [0.05, 0.1) is 17.5 Å². The van der Waals surface area contributed by atoms with Gasteiger partial charge in [-0.25, -0.2) is 0 Å². The zero-order chi connectivity index (χ0) is 19.3. The number of benzene rings is 2. The van der Waals surface area contributed by atoms with Crippen LogP contribution in [-0.4, -0.2) is 50.7 Å². The maximum absolute atomic E-state index is 12.9. The van der Waals surface area contributed by atoms with E-state index in [4.69, 9.17) is 16.3 Å². The van der Waals surface area contributed by atoms with E-state index in [1.165, 1.54) is 0 Å². The normalized spacial score (nSPS) is 18.2. The van der Waals surface area contributed by atoms with Crippen molar-refractivity contribution in [3.05, 3.63) is 52.5 Å². The quantitative estimate of drug-likeness (QED) is 0.682. The molecule has 3 aromatic rings. The van der Waals surface area contributed by atoms with Crippen LogP contribution in [0.5, 0.6) is 5.75 Å². The predicted octanol–water partition coefficient (Wildman–Crippen LogP) is 3.25. The molecule has 0 atom stereocenters. The molecule has 8 heteroatoms. The number of rotatable bonds is 1. The van der Waals surface area contributed by atoms with Crippen molar-refractivity contribution in [2.75, 3.05) is 13.1 Å². The van der Waals surface area contributed by atoms with Crippen LogP contribution in [0, 0.1) is 0 Å². The minimum absolute atomic E-state index is 0.0417. The van der Waals surface area contributed by atoms with Crippen LogP contribution in [0.1, 0.15) is 40.0 Å². The Labute approximate surface area is 165 Å². The molecule has 5 rings (SSSR count). The van der Waals surface area contributed by atoms with Gasteiger partial charge in [-0.05, 0) is 36.4 Å². The number of aromatic nitrogens is 3. The first kappa shape index (κ1) is 17.2. The molecule has 1 amide bonds. The number of nitrogens with zero attached hydrogens (tertiary/aromatic N) is 3. The number of ketones is 1. The fourth-order valence-corrected chi connectivity index (χ4v) is 4.19. The van der Waals surface area contributed by atoms with Crippen molar-refractivity contribution in [1.82, 2.24) is 20.3 Å². The third kappa shape index (κ3) is 2.82. The van der Waals surface area contributed by atoms with Gasteiger partial charge >= 0.3 is 0 Å². The van der Waals surface area contributed by atoms with E-state index in [1.807, 2.05) is 0 Å². The monoisotopic (exact) mass is 396 g/mol. The Morgan fingerprint density at radius 3 is 2.82 bits per heavy atom. The largest absolute Gasteiger partial charge is 0.486 e. The average Bonchev–Trinajstić information content (AvgIpc) is 3.17. The highest BCUT2D eigenvalue weighted by Gasteiger charge is 2.43. The molecule has 1 aromatic heterocycles. The van der Waals surface area contributed by atoms with Gasteiger partial charge in [-0.1, -0.05) is 16.8 Å². The summed E-state index contributed by atoms with van der Waals surface area (Å²) in [5.41, 5.74) is 2.03. The van der Waals surface area contributed by atoms with Crippen molar-refractivity contribution in [2.45, 2.75) is 24.9 Å². The number of likely N-dealkylation sites (tertiary alicyclic amines) is 1. The van der Waals surface area contributed by atoms with Crippen LogP contribution in [0.25, 0.3) is 11.0 Å². The number of fused-ring (bicyclic) bond motifs is 2. The Morgan fingerprint density at radius 1 is 1.18 bits per heavy atom. The lowest BCUT2D eigenvalue weighted by molar-refractivity contribution is -0.00570. The Kier molecular flexibility index (Phi) is 3.87. The fourth-order valence-electron chi connectivity index (χ4n) is 4.02. The zero-order valence-electron chi connectivity index (χ0n) is 14.9. The number of H-pyrrole nitrogens is 1. The van der Waals surface area contributed by atoms with E-state index < -0.39 is 5.60 Å². The molecule has 2 aliphatic rings. The molecule has 0 saturated carbocycles. The summed E-state index contributed by atoms with van der Waals surface area (Å²) in [6.07, 6.45) is 1.53. The first-order valence-corrected chi connectivity index (χ1v) is 9.53. The van der Waals surface area contributed by atoms with Crippen molar-refractivity contribution in [3.63, 3.8) is 0 Å².